The number of oxime groups is 1. The van der Waals surface area contributed by atoms with Crippen LogP contribution in [0.4, 0.5) is 5.69 Å². The second-order valence-electron chi connectivity index (χ2n) is 12.1. The van der Waals surface area contributed by atoms with Crippen LogP contribution in [0.15, 0.2) is 71.9 Å². The maximum Gasteiger partial charge on any atom is 0.255 e. The first-order valence-corrected chi connectivity index (χ1v) is 16.7. The number of aryl methyl sites for hydroxylation is 1. The Morgan fingerprint density at radius 3 is 2.04 bits per heavy atom. The number of unbranched alkanes of at least 4 members (excludes halogenated alkanes) is 1. The van der Waals surface area contributed by atoms with E-state index in [1.54, 1.807) is 35.5 Å². The lowest BCUT2D eigenvalue weighted by Crippen LogP contribution is -2.38. The summed E-state index contributed by atoms with van der Waals surface area (Å²) in [6, 6.07) is 20.9. The molecule has 2 N–H and O–H groups in total. The lowest BCUT2D eigenvalue weighted by Gasteiger charge is -2.28. The van der Waals surface area contributed by atoms with Gasteiger partial charge >= 0.3 is 0 Å². The fourth-order valence-electron chi connectivity index (χ4n) is 6.07. The first kappa shape index (κ1) is 35.1. The quantitative estimate of drug-likeness (QED) is 0.125. The molecule has 0 aromatic heterocycles. The number of rotatable bonds is 15. The summed E-state index contributed by atoms with van der Waals surface area (Å²) in [6.45, 7) is 2.90. The molecule has 2 atom stereocenters. The van der Waals surface area contributed by atoms with Crippen LogP contribution in [-0.2, 0) is 4.84 Å². The van der Waals surface area contributed by atoms with Crippen LogP contribution in [0.3, 0.4) is 0 Å². The fraction of sp³-hybridized carbons (Fsp3) is 0.333. The fourth-order valence-corrected chi connectivity index (χ4v) is 6.07. The first-order valence-electron chi connectivity index (χ1n) is 16.7. The van der Waals surface area contributed by atoms with Crippen molar-refractivity contribution in [3.05, 3.63) is 94.5 Å². The predicted octanol–water partition coefficient (Wildman–Crippen LogP) is 7.00. The van der Waals surface area contributed by atoms with Crippen LogP contribution in [0.2, 0.25) is 0 Å². The number of anilines is 1. The van der Waals surface area contributed by atoms with Crippen molar-refractivity contribution in [2.24, 2.45) is 5.16 Å². The van der Waals surface area contributed by atoms with E-state index in [1.165, 1.54) is 0 Å². The van der Waals surface area contributed by atoms with Crippen LogP contribution in [0.25, 0.3) is 0 Å². The lowest BCUT2D eigenvalue weighted by atomic mass is 9.99. The van der Waals surface area contributed by atoms with E-state index in [4.69, 9.17) is 38.0 Å². The third-order valence-electron chi connectivity index (χ3n) is 8.79. The van der Waals surface area contributed by atoms with Crippen molar-refractivity contribution in [2.75, 3.05) is 54.1 Å². The Bertz CT molecular complexity index is 1890. The van der Waals surface area contributed by atoms with Crippen LogP contribution in [0, 0.1) is 6.92 Å². The van der Waals surface area contributed by atoms with Crippen molar-refractivity contribution >= 4 is 17.3 Å². The highest BCUT2D eigenvalue weighted by Gasteiger charge is 2.28. The number of carbonyl (C=O) groups is 1. The third kappa shape index (κ3) is 7.69. The number of ether oxygens (including phenoxy) is 7. The molecule has 2 aliphatic rings. The minimum Gasteiger partial charge on any atom is -0.493 e. The molecule has 0 radical (unpaired) electrons. The number of hydrogen-bond donors (Lipinski definition) is 2. The summed E-state index contributed by atoms with van der Waals surface area (Å²) >= 11 is 0. The largest absolute Gasteiger partial charge is 0.493 e. The Kier molecular flexibility index (Phi) is 10.9. The zero-order valence-electron chi connectivity index (χ0n) is 29.7. The van der Waals surface area contributed by atoms with E-state index < -0.39 is 0 Å². The van der Waals surface area contributed by atoms with Crippen LogP contribution in [-0.4, -0.2) is 60.4 Å². The minimum absolute atomic E-state index is 0.120. The molecule has 268 valence electrons. The molecule has 0 saturated carbocycles. The van der Waals surface area contributed by atoms with Crippen molar-refractivity contribution in [3.8, 4) is 40.2 Å². The number of hydrogen-bond acceptors (Lipinski definition) is 11. The molecule has 12 nitrogen and oxygen atoms in total. The third-order valence-corrected chi connectivity index (χ3v) is 8.79. The molecule has 2 aliphatic heterocycles. The highest BCUT2D eigenvalue weighted by Crippen LogP contribution is 2.42. The predicted molar refractivity (Wildman–Crippen MR) is 192 cm³/mol. The Labute approximate surface area is 297 Å². The summed E-state index contributed by atoms with van der Waals surface area (Å²) in [6.07, 6.45) is 1.34. The maximum absolute atomic E-state index is 12.7. The van der Waals surface area contributed by atoms with Crippen LogP contribution >= 0.6 is 0 Å². The van der Waals surface area contributed by atoms with Gasteiger partial charge in [0, 0.05) is 23.2 Å². The number of benzene rings is 4. The molecule has 2 heterocycles. The molecular formula is C39H43N3O9. The Morgan fingerprint density at radius 1 is 0.686 bits per heavy atom. The zero-order valence-corrected chi connectivity index (χ0v) is 29.7. The number of nitrogens with one attached hydrogen (secondary N) is 2. The van der Waals surface area contributed by atoms with E-state index in [0.29, 0.717) is 65.4 Å². The average molecular weight is 698 g/mol. The van der Waals surface area contributed by atoms with Gasteiger partial charge in [-0.3, -0.25) is 4.79 Å². The summed E-state index contributed by atoms with van der Waals surface area (Å²) in [5, 5.41) is 10.8. The molecular weight excluding hydrogens is 654 g/mol. The minimum atomic E-state index is -0.389. The van der Waals surface area contributed by atoms with Crippen molar-refractivity contribution in [3.63, 3.8) is 0 Å². The topological polar surface area (TPSA) is 127 Å². The van der Waals surface area contributed by atoms with E-state index >= 15 is 0 Å². The summed E-state index contributed by atoms with van der Waals surface area (Å²) in [5.41, 5.74) is 5.84. The Hall–Kier alpha value is -5.78. The van der Waals surface area contributed by atoms with Gasteiger partial charge in [-0.15, -0.1) is 0 Å². The van der Waals surface area contributed by atoms with Crippen molar-refractivity contribution in [2.45, 2.75) is 38.5 Å². The summed E-state index contributed by atoms with van der Waals surface area (Å²) < 4.78 is 39.9. The summed E-state index contributed by atoms with van der Waals surface area (Å²) in [4.78, 5) is 18.6. The second kappa shape index (κ2) is 15.8. The maximum atomic E-state index is 12.7. The molecule has 0 bridgehead atoms. The van der Waals surface area contributed by atoms with Gasteiger partial charge < -0.3 is 48.6 Å². The van der Waals surface area contributed by atoms with Crippen molar-refractivity contribution < 1.29 is 42.8 Å². The molecule has 51 heavy (non-hydrogen) atoms. The normalized spacial score (nSPS) is 16.1. The number of fused-ring (bicyclic) bond motifs is 1. The highest BCUT2D eigenvalue weighted by molar-refractivity contribution is 6.02. The van der Waals surface area contributed by atoms with E-state index in [1.807, 2.05) is 73.7 Å². The molecule has 1 amide bonds. The number of nitrogens with zero attached hydrogens (tertiary/aromatic N) is 1. The van der Waals surface area contributed by atoms with E-state index in [2.05, 4.69) is 15.8 Å². The molecule has 0 aliphatic carbocycles. The van der Waals surface area contributed by atoms with E-state index in [-0.39, 0.29) is 18.2 Å². The van der Waals surface area contributed by atoms with Gasteiger partial charge in [0.1, 0.15) is 6.17 Å². The van der Waals surface area contributed by atoms with Gasteiger partial charge in [-0.1, -0.05) is 22.9 Å². The van der Waals surface area contributed by atoms with Crippen LogP contribution in [0.5, 0.6) is 40.2 Å². The van der Waals surface area contributed by atoms with Gasteiger partial charge in [-0.05, 0) is 79.9 Å². The van der Waals surface area contributed by atoms with Crippen LogP contribution < -0.4 is 43.8 Å². The summed E-state index contributed by atoms with van der Waals surface area (Å²) in [5.74, 6) is 3.96. The van der Waals surface area contributed by atoms with Gasteiger partial charge in [-0.2, -0.15) is 0 Å². The Balaban J connectivity index is 1.01. The number of carbonyl (C=O) groups excluding carboxylic acids is 1. The zero-order chi connectivity index (χ0) is 35.9. The van der Waals surface area contributed by atoms with Gasteiger partial charge in [0.2, 0.25) is 5.75 Å². The lowest BCUT2D eigenvalue weighted by molar-refractivity contribution is 0.0853. The molecule has 0 saturated heterocycles. The Morgan fingerprint density at radius 2 is 1.35 bits per heavy atom. The average Bonchev–Trinajstić information content (AvgIpc) is 3.66. The van der Waals surface area contributed by atoms with Crippen LogP contribution in [0.1, 0.15) is 64.1 Å². The van der Waals surface area contributed by atoms with Gasteiger partial charge in [-0.25, -0.2) is 0 Å². The smallest absolute Gasteiger partial charge is 0.255 e. The monoisotopic (exact) mass is 697 g/mol. The van der Waals surface area contributed by atoms with E-state index in [0.717, 1.165) is 46.5 Å². The molecule has 2 unspecified atom stereocenters. The molecule has 6 rings (SSSR count). The molecule has 12 heteroatoms. The molecule has 4 aromatic carbocycles. The highest BCUT2D eigenvalue weighted by atomic mass is 16.6. The van der Waals surface area contributed by atoms with Gasteiger partial charge in [0.15, 0.2) is 40.6 Å². The van der Waals surface area contributed by atoms with Gasteiger partial charge in [0.05, 0.1) is 60.0 Å². The van der Waals surface area contributed by atoms with Gasteiger partial charge in [0.25, 0.3) is 5.91 Å². The second-order valence-corrected chi connectivity index (χ2v) is 12.1. The standard InChI is InChI=1S/C39H43N3O9/c1-23-9-12-28-27(17-23)39(43)41-38(40-28)25-11-14-31(33(19-25)45-3)49-15-7-8-16-50-34-18-24(10-13-30(34)44-2)29-22-32(51-42-29)26-20-35(46-4)37(48-6)36(21-26)47-5/h9-14,17-21,32,38,40H,7-8,15-16,22H2,1-6H3,(H,41,43). The number of methoxy groups -OCH3 is 5. The molecule has 0 fully saturated rings. The number of amides is 1. The summed E-state index contributed by atoms with van der Waals surface area (Å²) in [7, 11) is 7.95. The van der Waals surface area contributed by atoms with E-state index in [9.17, 15) is 4.79 Å². The SMILES string of the molecule is COc1cc(C2NC(=O)c3cc(C)ccc3N2)ccc1OCCCCOc1cc(C2=NOC(c3cc(OC)c(OC)c(OC)c3)C2)ccc1OC. The van der Waals surface area contributed by atoms with Crippen molar-refractivity contribution in [1.29, 1.82) is 0 Å². The molecule has 0 spiro atoms. The molecule has 4 aromatic rings. The van der Waals surface area contributed by atoms with Crippen molar-refractivity contribution in [1.82, 2.24) is 5.32 Å². The first-order chi connectivity index (χ1) is 24.8.